The highest BCUT2D eigenvalue weighted by atomic mass is 16.5. The van der Waals surface area contributed by atoms with Crippen LogP contribution in [-0.2, 0) is 11.2 Å². The maximum Gasteiger partial charge on any atom is 0.309 e. The van der Waals surface area contributed by atoms with E-state index in [2.05, 4.69) is 4.98 Å². The van der Waals surface area contributed by atoms with Gasteiger partial charge in [-0.1, -0.05) is 6.42 Å². The van der Waals surface area contributed by atoms with Gasteiger partial charge in [-0.05, 0) is 31.7 Å². The van der Waals surface area contributed by atoms with Crippen LogP contribution in [0.1, 0.15) is 37.8 Å². The Morgan fingerprint density at radius 1 is 1.41 bits per heavy atom. The van der Waals surface area contributed by atoms with Crippen LogP contribution in [0.5, 0.6) is 5.75 Å². The Bertz CT molecular complexity index is 386. The lowest BCUT2D eigenvalue weighted by atomic mass is 9.98. The van der Waals surface area contributed by atoms with E-state index in [0.29, 0.717) is 5.69 Å². The first kappa shape index (κ1) is 11.9. The molecule has 1 aliphatic rings. The number of nitrogens with zero attached hydrogens (tertiary/aromatic N) is 1. The topological polar surface area (TPSA) is 59.4 Å². The van der Waals surface area contributed by atoms with Crippen LogP contribution in [0.25, 0.3) is 0 Å². The van der Waals surface area contributed by atoms with Gasteiger partial charge in [0.1, 0.15) is 5.75 Å². The summed E-state index contributed by atoms with van der Waals surface area (Å²) in [6.45, 7) is 0. The zero-order chi connectivity index (χ0) is 12.1. The summed E-state index contributed by atoms with van der Waals surface area (Å²) >= 11 is 0. The first-order chi connectivity index (χ1) is 8.24. The molecule has 1 saturated carbocycles. The van der Waals surface area contributed by atoms with Crippen LogP contribution >= 0.6 is 0 Å². The van der Waals surface area contributed by atoms with Crippen LogP contribution in [0.2, 0.25) is 0 Å². The first-order valence-corrected chi connectivity index (χ1v) is 6.07. The zero-order valence-electron chi connectivity index (χ0n) is 9.76. The molecule has 1 heterocycles. The van der Waals surface area contributed by atoms with Crippen molar-refractivity contribution < 1.29 is 14.6 Å². The Balaban J connectivity index is 1.97. The maximum atomic E-state index is 10.6. The van der Waals surface area contributed by atoms with E-state index in [9.17, 15) is 4.79 Å². The van der Waals surface area contributed by atoms with E-state index in [1.165, 1.54) is 19.3 Å². The molecule has 0 unspecified atom stereocenters. The van der Waals surface area contributed by atoms with Gasteiger partial charge in [-0.3, -0.25) is 9.78 Å². The van der Waals surface area contributed by atoms with E-state index < -0.39 is 5.97 Å². The molecule has 17 heavy (non-hydrogen) atoms. The second-order valence-corrected chi connectivity index (χ2v) is 4.43. The van der Waals surface area contributed by atoms with Gasteiger partial charge in [0.2, 0.25) is 0 Å². The fourth-order valence-corrected chi connectivity index (χ4v) is 2.16. The van der Waals surface area contributed by atoms with E-state index in [4.69, 9.17) is 9.84 Å². The maximum absolute atomic E-state index is 10.6. The van der Waals surface area contributed by atoms with Gasteiger partial charge in [0, 0.05) is 12.3 Å². The highest BCUT2D eigenvalue weighted by Gasteiger charge is 2.15. The van der Waals surface area contributed by atoms with Crippen molar-refractivity contribution in [2.24, 2.45) is 0 Å². The van der Waals surface area contributed by atoms with Gasteiger partial charge in [0.15, 0.2) is 0 Å². The number of carboxylic acids is 1. The molecule has 1 aliphatic carbocycles. The van der Waals surface area contributed by atoms with Crippen LogP contribution in [0.3, 0.4) is 0 Å². The van der Waals surface area contributed by atoms with E-state index in [1.807, 2.05) is 0 Å². The summed E-state index contributed by atoms with van der Waals surface area (Å²) in [6.07, 6.45) is 7.75. The van der Waals surface area contributed by atoms with Crippen LogP contribution in [-0.4, -0.2) is 22.2 Å². The third kappa shape index (κ3) is 3.73. The smallest absolute Gasteiger partial charge is 0.309 e. The molecule has 0 spiro atoms. The lowest BCUT2D eigenvalue weighted by Gasteiger charge is -2.23. The second kappa shape index (κ2) is 5.66. The Morgan fingerprint density at radius 2 is 2.18 bits per heavy atom. The Labute approximate surface area is 101 Å². The predicted octanol–water partition coefficient (Wildman–Crippen LogP) is 2.42. The van der Waals surface area contributed by atoms with Crippen LogP contribution in [0.4, 0.5) is 0 Å². The van der Waals surface area contributed by atoms with Gasteiger partial charge in [-0.15, -0.1) is 0 Å². The number of aromatic nitrogens is 1. The van der Waals surface area contributed by atoms with Crippen molar-refractivity contribution in [3.63, 3.8) is 0 Å². The normalized spacial score (nSPS) is 16.7. The van der Waals surface area contributed by atoms with Crippen molar-refractivity contribution in [2.45, 2.75) is 44.6 Å². The lowest BCUT2D eigenvalue weighted by molar-refractivity contribution is -0.136. The summed E-state index contributed by atoms with van der Waals surface area (Å²) in [5, 5.41) is 8.70. The van der Waals surface area contributed by atoms with Gasteiger partial charge in [-0.2, -0.15) is 0 Å². The van der Waals surface area contributed by atoms with Crippen molar-refractivity contribution >= 4 is 5.97 Å². The van der Waals surface area contributed by atoms with Gasteiger partial charge in [-0.25, -0.2) is 0 Å². The highest BCUT2D eigenvalue weighted by Crippen LogP contribution is 2.23. The molecule has 0 aromatic carbocycles. The zero-order valence-corrected chi connectivity index (χ0v) is 9.76. The van der Waals surface area contributed by atoms with Crippen LogP contribution in [0.15, 0.2) is 18.3 Å². The minimum Gasteiger partial charge on any atom is -0.490 e. The summed E-state index contributed by atoms with van der Waals surface area (Å²) in [5.41, 5.74) is 0.547. The quantitative estimate of drug-likeness (QED) is 0.870. The number of carbonyl (C=O) groups is 1. The number of ether oxygens (including phenoxy) is 1. The summed E-state index contributed by atoms with van der Waals surface area (Å²) < 4.78 is 5.84. The van der Waals surface area contributed by atoms with Crippen molar-refractivity contribution in [2.75, 3.05) is 0 Å². The number of aliphatic carboxylic acids is 1. The molecule has 0 radical (unpaired) electrons. The Morgan fingerprint density at radius 3 is 2.88 bits per heavy atom. The number of hydrogen-bond acceptors (Lipinski definition) is 3. The molecule has 4 heteroatoms. The third-order valence-electron chi connectivity index (χ3n) is 2.98. The largest absolute Gasteiger partial charge is 0.490 e. The highest BCUT2D eigenvalue weighted by molar-refractivity contribution is 5.69. The molecule has 0 aliphatic heterocycles. The van der Waals surface area contributed by atoms with E-state index >= 15 is 0 Å². The second-order valence-electron chi connectivity index (χ2n) is 4.43. The summed E-state index contributed by atoms with van der Waals surface area (Å²) in [5.74, 6) is -0.129. The number of hydrogen-bond donors (Lipinski definition) is 1. The molecule has 1 aromatic heterocycles. The molecule has 1 fully saturated rings. The fourth-order valence-electron chi connectivity index (χ4n) is 2.16. The lowest BCUT2D eigenvalue weighted by Crippen LogP contribution is -2.19. The molecule has 0 amide bonds. The number of pyridine rings is 1. The molecule has 1 aromatic rings. The van der Waals surface area contributed by atoms with Crippen LogP contribution in [0, 0.1) is 0 Å². The molecule has 4 nitrogen and oxygen atoms in total. The molecule has 0 bridgehead atoms. The summed E-state index contributed by atoms with van der Waals surface area (Å²) in [7, 11) is 0. The third-order valence-corrected chi connectivity index (χ3v) is 2.98. The minimum absolute atomic E-state index is 0.0537. The first-order valence-electron chi connectivity index (χ1n) is 6.07. The summed E-state index contributed by atoms with van der Waals surface area (Å²) in [4.78, 5) is 14.6. The molecule has 2 rings (SSSR count). The SMILES string of the molecule is O=C(O)Cc1cc(OC2CCCCC2)ccn1. The molecule has 0 saturated heterocycles. The van der Waals surface area contributed by atoms with Crippen molar-refractivity contribution in [1.29, 1.82) is 0 Å². The molecular weight excluding hydrogens is 218 g/mol. The average Bonchev–Trinajstić information content (AvgIpc) is 2.30. The predicted molar refractivity (Wildman–Crippen MR) is 63.1 cm³/mol. The molecule has 1 N–H and O–H groups in total. The molecule has 0 atom stereocenters. The number of carboxylic acid groups (broad SMARTS) is 1. The fraction of sp³-hybridized carbons (Fsp3) is 0.538. The standard InChI is InChI=1S/C13H17NO3/c15-13(16)9-10-8-12(6-7-14-10)17-11-4-2-1-3-5-11/h6-8,11H,1-5,9H2,(H,15,16). The van der Waals surface area contributed by atoms with Crippen molar-refractivity contribution in [3.8, 4) is 5.75 Å². The van der Waals surface area contributed by atoms with Gasteiger partial charge in [0.25, 0.3) is 0 Å². The average molecular weight is 235 g/mol. The Hall–Kier alpha value is -1.58. The Kier molecular flexibility index (Phi) is 3.96. The van der Waals surface area contributed by atoms with Gasteiger partial charge >= 0.3 is 5.97 Å². The van der Waals surface area contributed by atoms with Gasteiger partial charge < -0.3 is 9.84 Å². The van der Waals surface area contributed by atoms with Crippen molar-refractivity contribution in [1.82, 2.24) is 4.98 Å². The number of rotatable bonds is 4. The van der Waals surface area contributed by atoms with E-state index in [0.717, 1.165) is 18.6 Å². The van der Waals surface area contributed by atoms with Crippen molar-refractivity contribution in [3.05, 3.63) is 24.0 Å². The van der Waals surface area contributed by atoms with Crippen LogP contribution < -0.4 is 4.74 Å². The van der Waals surface area contributed by atoms with Gasteiger partial charge in [0.05, 0.1) is 18.2 Å². The summed E-state index contributed by atoms with van der Waals surface area (Å²) in [6, 6.07) is 3.52. The van der Waals surface area contributed by atoms with E-state index in [-0.39, 0.29) is 12.5 Å². The monoisotopic (exact) mass is 235 g/mol. The minimum atomic E-state index is -0.868. The molecule has 92 valence electrons. The molecular formula is C13H17NO3. The van der Waals surface area contributed by atoms with E-state index in [1.54, 1.807) is 18.3 Å².